The Labute approximate surface area is 189 Å². The lowest BCUT2D eigenvalue weighted by Crippen LogP contribution is -2.44. The molecular formula is C23H26F3N3O2S. The van der Waals surface area contributed by atoms with E-state index in [9.17, 15) is 18.0 Å². The Hall–Kier alpha value is -2.42. The fourth-order valence-electron chi connectivity index (χ4n) is 3.78. The first-order chi connectivity index (χ1) is 14.9. The van der Waals surface area contributed by atoms with Gasteiger partial charge in [-0.25, -0.2) is 0 Å². The highest BCUT2D eigenvalue weighted by Crippen LogP contribution is 2.49. The van der Waals surface area contributed by atoms with Crippen LogP contribution in [0.5, 0.6) is 0 Å². The summed E-state index contributed by atoms with van der Waals surface area (Å²) in [5, 5.41) is 6.80. The number of H-pyrrole nitrogens is 1. The van der Waals surface area contributed by atoms with Crippen LogP contribution in [0.1, 0.15) is 59.9 Å². The van der Waals surface area contributed by atoms with Gasteiger partial charge in [-0.15, -0.1) is 0 Å². The predicted molar refractivity (Wildman–Crippen MR) is 119 cm³/mol. The molecule has 2 aliphatic rings. The van der Waals surface area contributed by atoms with E-state index in [1.807, 2.05) is 20.8 Å². The number of nitrogens with one attached hydrogen (secondary N) is 2. The van der Waals surface area contributed by atoms with Crippen molar-refractivity contribution in [3.8, 4) is 0 Å². The van der Waals surface area contributed by atoms with Gasteiger partial charge in [0.2, 0.25) is 0 Å². The maximum absolute atomic E-state index is 14.2. The van der Waals surface area contributed by atoms with Gasteiger partial charge in [0.05, 0.1) is 17.8 Å². The number of carbonyl (C=O) groups excluding carboxylic acids is 1. The summed E-state index contributed by atoms with van der Waals surface area (Å²) in [6.07, 6.45) is -3.54. The van der Waals surface area contributed by atoms with Crippen molar-refractivity contribution < 1.29 is 22.8 Å². The van der Waals surface area contributed by atoms with Crippen molar-refractivity contribution >= 4 is 23.4 Å². The van der Waals surface area contributed by atoms with Gasteiger partial charge in [-0.3, -0.25) is 4.79 Å². The summed E-state index contributed by atoms with van der Waals surface area (Å²) in [5.41, 5.74) is -0.316. The number of benzene rings is 1. The maximum Gasteiger partial charge on any atom is 0.437 e. The third-order valence-electron chi connectivity index (χ3n) is 5.95. The topological polar surface area (TPSA) is 66.5 Å². The molecule has 1 aromatic carbocycles. The smallest absolute Gasteiger partial charge is 0.372 e. The Balaban J connectivity index is 1.59. The number of hydrogen-bond acceptors (Lipinski definition) is 4. The molecule has 172 valence electrons. The van der Waals surface area contributed by atoms with Crippen LogP contribution in [0.25, 0.3) is 0 Å². The average molecular weight is 466 g/mol. The van der Waals surface area contributed by atoms with Crippen LogP contribution in [0.2, 0.25) is 0 Å². The van der Waals surface area contributed by atoms with Gasteiger partial charge in [-0.2, -0.15) is 24.9 Å². The molecule has 0 bridgehead atoms. The molecule has 0 aliphatic carbocycles. The van der Waals surface area contributed by atoms with Gasteiger partial charge in [0.1, 0.15) is 0 Å². The fourth-order valence-corrected chi connectivity index (χ4v) is 4.42. The normalized spacial score (nSPS) is 21.7. The van der Waals surface area contributed by atoms with E-state index < -0.39 is 18.2 Å². The van der Waals surface area contributed by atoms with Gasteiger partial charge in [0.15, 0.2) is 0 Å². The van der Waals surface area contributed by atoms with E-state index in [4.69, 9.17) is 4.84 Å². The molecule has 1 fully saturated rings. The van der Waals surface area contributed by atoms with E-state index in [-0.39, 0.29) is 28.8 Å². The second-order valence-corrected chi connectivity index (χ2v) is 10.5. The second-order valence-electron chi connectivity index (χ2n) is 9.42. The van der Waals surface area contributed by atoms with E-state index in [1.165, 1.54) is 6.07 Å². The van der Waals surface area contributed by atoms with Crippen LogP contribution in [0, 0.1) is 6.92 Å². The minimum absolute atomic E-state index is 0.0697. The van der Waals surface area contributed by atoms with Gasteiger partial charge < -0.3 is 15.1 Å². The third kappa shape index (κ3) is 4.02. The van der Waals surface area contributed by atoms with Crippen LogP contribution in [-0.4, -0.2) is 40.3 Å². The van der Waals surface area contributed by atoms with Crippen molar-refractivity contribution in [1.29, 1.82) is 0 Å². The maximum atomic E-state index is 14.2. The predicted octanol–water partition coefficient (Wildman–Crippen LogP) is 5.05. The number of aromatic amines is 1. The molecule has 5 nitrogen and oxygen atoms in total. The van der Waals surface area contributed by atoms with E-state index in [2.05, 4.69) is 15.5 Å². The summed E-state index contributed by atoms with van der Waals surface area (Å²) in [6, 6.07) is 6.62. The van der Waals surface area contributed by atoms with E-state index in [0.717, 1.165) is 17.1 Å². The molecule has 1 atom stereocenters. The summed E-state index contributed by atoms with van der Waals surface area (Å²) in [4.78, 5) is 20.4. The molecule has 2 N–H and O–H groups in total. The zero-order valence-corrected chi connectivity index (χ0v) is 19.2. The summed E-state index contributed by atoms with van der Waals surface area (Å²) in [5.74, 6) is 1.62. The van der Waals surface area contributed by atoms with Crippen LogP contribution in [0.4, 0.5) is 13.2 Å². The molecule has 32 heavy (non-hydrogen) atoms. The van der Waals surface area contributed by atoms with E-state index >= 15 is 0 Å². The number of aromatic nitrogens is 1. The van der Waals surface area contributed by atoms with Crippen LogP contribution < -0.4 is 5.32 Å². The van der Waals surface area contributed by atoms with Gasteiger partial charge in [-0.1, -0.05) is 32.0 Å². The van der Waals surface area contributed by atoms with Gasteiger partial charge in [-0.05, 0) is 47.2 Å². The second kappa shape index (κ2) is 7.86. The van der Waals surface area contributed by atoms with Crippen molar-refractivity contribution in [2.75, 3.05) is 11.5 Å². The monoisotopic (exact) mass is 465 g/mol. The standard InChI is InChI=1S/C23H26F3N3O2S/c1-13-7-14(5-6-17(13)20(30)28-16-11-32-12-16)18-9-22(31-29-18,23(24,25)26)19-8-15(10-27-19)21(2,3)4/h5-8,10,16,27H,9,11-12H2,1-4H3,(H,28,30). The summed E-state index contributed by atoms with van der Waals surface area (Å²) in [6.45, 7) is 7.56. The first kappa shape index (κ1) is 22.8. The number of thioether (sulfide) groups is 1. The van der Waals surface area contributed by atoms with E-state index in [0.29, 0.717) is 16.7 Å². The Bertz CT molecular complexity index is 1070. The lowest BCUT2D eigenvalue weighted by Gasteiger charge is -2.28. The molecule has 4 rings (SSSR count). The SMILES string of the molecule is Cc1cc(C2=NOC(c3cc(C(C)(C)C)c[nH]3)(C(F)(F)F)C2)ccc1C(=O)NC1CSC1. The molecule has 0 spiro atoms. The molecule has 1 saturated heterocycles. The number of rotatable bonds is 4. The van der Waals surface area contributed by atoms with Crippen LogP contribution in [-0.2, 0) is 15.9 Å². The first-order valence-corrected chi connectivity index (χ1v) is 11.6. The highest BCUT2D eigenvalue weighted by molar-refractivity contribution is 8.00. The lowest BCUT2D eigenvalue weighted by molar-refractivity contribution is -0.277. The highest BCUT2D eigenvalue weighted by atomic mass is 32.2. The van der Waals surface area contributed by atoms with Crippen molar-refractivity contribution in [2.24, 2.45) is 5.16 Å². The molecule has 2 aliphatic heterocycles. The summed E-state index contributed by atoms with van der Waals surface area (Å²) < 4.78 is 42.7. The quantitative estimate of drug-likeness (QED) is 0.664. The first-order valence-electron chi connectivity index (χ1n) is 10.4. The van der Waals surface area contributed by atoms with Crippen molar-refractivity contribution in [3.05, 3.63) is 58.4 Å². The molecular weight excluding hydrogens is 439 g/mol. The molecule has 0 saturated carbocycles. The molecule has 3 heterocycles. The Morgan fingerprint density at radius 2 is 1.97 bits per heavy atom. The Morgan fingerprint density at radius 1 is 1.25 bits per heavy atom. The largest absolute Gasteiger partial charge is 0.437 e. The highest BCUT2D eigenvalue weighted by Gasteiger charge is 2.63. The van der Waals surface area contributed by atoms with Gasteiger partial charge in [0.25, 0.3) is 11.5 Å². The molecule has 9 heteroatoms. The van der Waals surface area contributed by atoms with Crippen LogP contribution in [0.15, 0.2) is 35.6 Å². The van der Waals surface area contributed by atoms with Crippen LogP contribution >= 0.6 is 11.8 Å². The third-order valence-corrected chi connectivity index (χ3v) is 7.22. The molecule has 0 radical (unpaired) electrons. The minimum Gasteiger partial charge on any atom is -0.372 e. The lowest BCUT2D eigenvalue weighted by atomic mass is 9.86. The minimum atomic E-state index is -4.67. The average Bonchev–Trinajstić information content (AvgIpc) is 3.31. The molecule has 1 unspecified atom stereocenters. The van der Waals surface area contributed by atoms with Crippen molar-refractivity contribution in [3.63, 3.8) is 0 Å². The number of halogens is 3. The number of nitrogens with zero attached hydrogens (tertiary/aromatic N) is 1. The number of amides is 1. The molecule has 1 aromatic heterocycles. The number of oxime groups is 1. The Kier molecular flexibility index (Phi) is 5.59. The summed E-state index contributed by atoms with van der Waals surface area (Å²) >= 11 is 1.77. The summed E-state index contributed by atoms with van der Waals surface area (Å²) in [7, 11) is 0. The van der Waals surface area contributed by atoms with Gasteiger partial charge >= 0.3 is 6.18 Å². The zero-order chi connectivity index (χ0) is 23.3. The Morgan fingerprint density at radius 3 is 2.50 bits per heavy atom. The van der Waals surface area contributed by atoms with Crippen LogP contribution in [0.3, 0.4) is 0 Å². The fraction of sp³-hybridized carbons (Fsp3) is 0.478. The number of aryl methyl sites for hydroxylation is 1. The zero-order valence-electron chi connectivity index (χ0n) is 18.4. The number of carbonyl (C=O) groups is 1. The number of hydrogen-bond donors (Lipinski definition) is 2. The number of alkyl halides is 3. The van der Waals surface area contributed by atoms with Crippen molar-refractivity contribution in [1.82, 2.24) is 10.3 Å². The van der Waals surface area contributed by atoms with Crippen molar-refractivity contribution in [2.45, 2.75) is 57.3 Å². The van der Waals surface area contributed by atoms with Gasteiger partial charge in [0, 0.05) is 29.3 Å². The molecule has 1 amide bonds. The molecule has 2 aromatic rings. The van der Waals surface area contributed by atoms with E-state index in [1.54, 1.807) is 43.1 Å².